The molecule has 0 spiro atoms. The molecule has 5 rings (SSSR count). The highest BCUT2D eigenvalue weighted by atomic mass is 32.2. The van der Waals surface area contributed by atoms with Gasteiger partial charge in [0.25, 0.3) is 0 Å². The lowest BCUT2D eigenvalue weighted by Crippen LogP contribution is -2.40. The summed E-state index contributed by atoms with van der Waals surface area (Å²) in [5.74, 6) is -0.984. The second-order valence-electron chi connectivity index (χ2n) is 10.2. The fraction of sp³-hybridized carbons (Fsp3) is 0.310. The van der Waals surface area contributed by atoms with E-state index in [-0.39, 0.29) is 18.2 Å². The van der Waals surface area contributed by atoms with Gasteiger partial charge in [0.15, 0.2) is 0 Å². The maximum atomic E-state index is 13.6. The number of likely N-dealkylation sites (tertiary alicyclic amines) is 1. The van der Waals surface area contributed by atoms with Gasteiger partial charge in [-0.05, 0) is 67.9 Å². The molecule has 1 fully saturated rings. The summed E-state index contributed by atoms with van der Waals surface area (Å²) in [5.41, 5.74) is 2.70. The molecular formula is C29H30F2N4O5S. The average Bonchev–Trinajstić information content (AvgIpc) is 3.31. The number of benzene rings is 2. The highest BCUT2D eigenvalue weighted by Gasteiger charge is 2.30. The van der Waals surface area contributed by atoms with E-state index in [1.807, 2.05) is 0 Å². The molecular weight excluding hydrogens is 554 g/mol. The van der Waals surface area contributed by atoms with Crippen molar-refractivity contribution in [3.05, 3.63) is 83.2 Å². The van der Waals surface area contributed by atoms with E-state index >= 15 is 0 Å². The number of carbonyl (C=O) groups is 1. The Morgan fingerprint density at radius 3 is 2.56 bits per heavy atom. The van der Waals surface area contributed by atoms with Crippen LogP contribution in [-0.2, 0) is 21.2 Å². The number of nitrogens with one attached hydrogen (secondary N) is 2. The lowest BCUT2D eigenvalue weighted by molar-refractivity contribution is -0.131. The monoisotopic (exact) mass is 584 g/mol. The smallest absolute Gasteiger partial charge is 0.229 e. The number of hydrogen-bond donors (Lipinski definition) is 3. The van der Waals surface area contributed by atoms with E-state index in [9.17, 15) is 27.1 Å². The first-order valence-electron chi connectivity index (χ1n) is 13.1. The van der Waals surface area contributed by atoms with Crippen LogP contribution in [0.2, 0.25) is 0 Å². The quantitative estimate of drug-likeness (QED) is 0.264. The molecule has 2 aromatic heterocycles. The van der Waals surface area contributed by atoms with Gasteiger partial charge in [0, 0.05) is 47.3 Å². The van der Waals surface area contributed by atoms with Crippen molar-refractivity contribution in [2.24, 2.45) is 0 Å². The molecule has 9 nitrogen and oxygen atoms in total. The van der Waals surface area contributed by atoms with Crippen LogP contribution in [-0.4, -0.2) is 55.7 Å². The Morgan fingerprint density at radius 2 is 1.90 bits per heavy atom. The van der Waals surface area contributed by atoms with Crippen molar-refractivity contribution in [1.82, 2.24) is 15.2 Å². The van der Waals surface area contributed by atoms with Crippen LogP contribution in [0.5, 0.6) is 0 Å². The Bertz CT molecular complexity index is 1670. The average molecular weight is 585 g/mol. The normalized spacial score (nSPS) is 16.6. The van der Waals surface area contributed by atoms with Gasteiger partial charge in [-0.1, -0.05) is 0 Å². The van der Waals surface area contributed by atoms with Crippen molar-refractivity contribution in [3.63, 3.8) is 0 Å². The van der Waals surface area contributed by atoms with Crippen LogP contribution in [0.15, 0.2) is 59.1 Å². The predicted molar refractivity (Wildman–Crippen MR) is 151 cm³/mol. The van der Waals surface area contributed by atoms with Gasteiger partial charge < -0.3 is 14.4 Å². The molecule has 41 heavy (non-hydrogen) atoms. The number of aromatic nitrogens is 1. The van der Waals surface area contributed by atoms with Crippen LogP contribution in [0, 0.1) is 11.6 Å². The number of pyridine rings is 1. The standard InChI is InChI=1S/C29H30F2N4O5S/c1-32-29(37)27-23-13-22(18-4-3-11-35(16-18)26(36)12-21-10-9-20(31)15-33-21)24(34-41(2,38)39)14-25(23)40-28(27)17-5-7-19(30)8-6-17/h5-10,13-15,18,29,32,34,37H,3-4,11-12,16H2,1-2H3/t18-,29?/m1/s1. The summed E-state index contributed by atoms with van der Waals surface area (Å²) < 4.78 is 60.2. The third-order valence-electron chi connectivity index (χ3n) is 7.18. The number of furan rings is 1. The minimum absolute atomic E-state index is 0.0156. The summed E-state index contributed by atoms with van der Waals surface area (Å²) in [7, 11) is -2.09. The zero-order valence-corrected chi connectivity index (χ0v) is 23.3. The molecule has 12 heteroatoms. The largest absolute Gasteiger partial charge is 0.456 e. The molecule has 0 aliphatic carbocycles. The second-order valence-corrected chi connectivity index (χ2v) is 11.9. The maximum absolute atomic E-state index is 13.6. The molecule has 3 N–H and O–H groups in total. The highest BCUT2D eigenvalue weighted by Crippen LogP contribution is 2.42. The molecule has 1 amide bonds. The molecule has 0 radical (unpaired) electrons. The topological polar surface area (TPSA) is 125 Å². The number of aliphatic hydroxyl groups excluding tert-OH is 1. The molecule has 2 atom stereocenters. The number of fused-ring (bicyclic) bond motifs is 1. The molecule has 0 bridgehead atoms. The number of sulfonamides is 1. The van der Waals surface area contributed by atoms with Crippen LogP contribution < -0.4 is 10.0 Å². The van der Waals surface area contributed by atoms with Crippen molar-refractivity contribution in [2.75, 3.05) is 31.1 Å². The summed E-state index contributed by atoms with van der Waals surface area (Å²) in [5, 5.41) is 14.3. The van der Waals surface area contributed by atoms with Gasteiger partial charge in [0.05, 0.1) is 24.6 Å². The molecule has 1 aliphatic rings. The van der Waals surface area contributed by atoms with E-state index in [1.165, 1.54) is 36.4 Å². The van der Waals surface area contributed by atoms with Crippen LogP contribution in [0.1, 0.15) is 41.8 Å². The van der Waals surface area contributed by atoms with Crippen LogP contribution >= 0.6 is 0 Å². The molecule has 1 saturated heterocycles. The molecule has 216 valence electrons. The molecule has 4 aromatic rings. The summed E-state index contributed by atoms with van der Waals surface area (Å²) in [6.45, 7) is 0.855. The molecule has 0 saturated carbocycles. The first-order valence-corrected chi connectivity index (χ1v) is 15.0. The Kier molecular flexibility index (Phi) is 8.07. The van der Waals surface area contributed by atoms with Crippen LogP contribution in [0.25, 0.3) is 22.3 Å². The molecule has 1 unspecified atom stereocenters. The minimum atomic E-state index is -3.68. The van der Waals surface area contributed by atoms with E-state index in [2.05, 4.69) is 15.0 Å². The lowest BCUT2D eigenvalue weighted by atomic mass is 9.88. The number of amides is 1. The fourth-order valence-corrected chi connectivity index (χ4v) is 5.85. The van der Waals surface area contributed by atoms with Gasteiger partial charge in [0.2, 0.25) is 15.9 Å². The highest BCUT2D eigenvalue weighted by molar-refractivity contribution is 7.92. The van der Waals surface area contributed by atoms with E-state index in [0.29, 0.717) is 70.7 Å². The van der Waals surface area contributed by atoms with Crippen molar-refractivity contribution < 1.29 is 31.5 Å². The number of nitrogens with zero attached hydrogens (tertiary/aromatic N) is 2. The number of halogens is 2. The summed E-state index contributed by atoms with van der Waals surface area (Å²) in [6.07, 6.45) is 2.38. The number of rotatable bonds is 8. The SMILES string of the molecule is CNC(O)c1c(-c2ccc(F)cc2)oc2cc(NS(C)(=O)=O)c([C@@H]3CCCN(C(=O)Cc4ccc(F)cn4)C3)cc12. The number of carbonyl (C=O) groups excluding carboxylic acids is 1. The van der Waals surface area contributed by atoms with Crippen molar-refractivity contribution >= 4 is 32.6 Å². The number of aliphatic hydroxyl groups is 1. The van der Waals surface area contributed by atoms with Gasteiger partial charge in [-0.15, -0.1) is 0 Å². The zero-order valence-electron chi connectivity index (χ0n) is 22.5. The third kappa shape index (κ3) is 6.39. The Labute approximate surface area is 236 Å². The van der Waals surface area contributed by atoms with E-state index < -0.39 is 27.9 Å². The Hall–Kier alpha value is -3.87. The van der Waals surface area contributed by atoms with E-state index in [4.69, 9.17) is 4.42 Å². The summed E-state index contributed by atoms with van der Waals surface area (Å²) in [4.78, 5) is 18.8. The second kappa shape index (κ2) is 11.6. The summed E-state index contributed by atoms with van der Waals surface area (Å²) in [6, 6.07) is 11.7. The lowest BCUT2D eigenvalue weighted by Gasteiger charge is -2.34. The Balaban J connectivity index is 1.56. The first kappa shape index (κ1) is 28.7. The van der Waals surface area contributed by atoms with Gasteiger partial charge in [-0.25, -0.2) is 17.2 Å². The van der Waals surface area contributed by atoms with Gasteiger partial charge >= 0.3 is 0 Å². The zero-order chi connectivity index (χ0) is 29.3. The number of hydrogen-bond acceptors (Lipinski definition) is 7. The minimum Gasteiger partial charge on any atom is -0.456 e. The van der Waals surface area contributed by atoms with E-state index in [1.54, 1.807) is 24.1 Å². The van der Waals surface area contributed by atoms with E-state index in [0.717, 1.165) is 12.5 Å². The van der Waals surface area contributed by atoms with Crippen LogP contribution in [0.4, 0.5) is 14.5 Å². The number of piperidine rings is 1. The maximum Gasteiger partial charge on any atom is 0.229 e. The molecule has 1 aliphatic heterocycles. The molecule has 2 aromatic carbocycles. The predicted octanol–water partition coefficient (Wildman–Crippen LogP) is 4.30. The van der Waals surface area contributed by atoms with Crippen molar-refractivity contribution in [2.45, 2.75) is 31.4 Å². The van der Waals surface area contributed by atoms with Crippen molar-refractivity contribution in [1.29, 1.82) is 0 Å². The van der Waals surface area contributed by atoms with Gasteiger partial charge in [-0.2, -0.15) is 0 Å². The van der Waals surface area contributed by atoms with Crippen LogP contribution in [0.3, 0.4) is 0 Å². The third-order valence-corrected chi connectivity index (χ3v) is 7.77. The molecule has 3 heterocycles. The Morgan fingerprint density at radius 1 is 1.17 bits per heavy atom. The van der Waals surface area contributed by atoms with Crippen molar-refractivity contribution in [3.8, 4) is 11.3 Å². The van der Waals surface area contributed by atoms with Gasteiger partial charge in [-0.3, -0.25) is 19.8 Å². The summed E-state index contributed by atoms with van der Waals surface area (Å²) >= 11 is 0. The fourth-order valence-electron chi connectivity index (χ4n) is 5.27. The first-order chi connectivity index (χ1) is 19.5. The number of anilines is 1. The van der Waals surface area contributed by atoms with Gasteiger partial charge in [0.1, 0.15) is 29.2 Å².